The molecule has 516 valence electrons. The molecular formula is C102H66N6S2. The van der Waals surface area contributed by atoms with Crippen molar-refractivity contribution in [3.63, 3.8) is 0 Å². The minimum Gasteiger partial charge on any atom is -0.310 e. The van der Waals surface area contributed by atoms with E-state index >= 15 is 0 Å². The van der Waals surface area contributed by atoms with Crippen LogP contribution in [0.1, 0.15) is 0 Å². The average molecular weight is 1440 g/mol. The number of fused-ring (bicyclic) bond motifs is 15. The van der Waals surface area contributed by atoms with E-state index in [1.54, 1.807) is 0 Å². The van der Waals surface area contributed by atoms with Gasteiger partial charge in [-0.3, -0.25) is 0 Å². The minimum absolute atomic E-state index is 1.05. The highest BCUT2D eigenvalue weighted by atomic mass is 32.1. The molecule has 0 radical (unpaired) electrons. The topological polar surface area (TPSA) is 24.5 Å². The summed E-state index contributed by atoms with van der Waals surface area (Å²) in [4.78, 5) is 7.25. The predicted octanol–water partition coefficient (Wildman–Crippen LogP) is 29.5. The fourth-order valence-electron chi connectivity index (χ4n) is 17.2. The van der Waals surface area contributed by atoms with Gasteiger partial charge in [0.05, 0.1) is 53.9 Å². The Morgan fingerprint density at radius 1 is 0.173 bits per heavy atom. The van der Waals surface area contributed by atoms with E-state index in [4.69, 9.17) is 0 Å². The Labute approximate surface area is 643 Å². The summed E-state index contributed by atoms with van der Waals surface area (Å²) in [6.07, 6.45) is 0. The largest absolute Gasteiger partial charge is 0.310 e. The van der Waals surface area contributed by atoms with Crippen LogP contribution in [-0.2, 0) is 0 Å². The van der Waals surface area contributed by atoms with E-state index in [1.807, 2.05) is 22.7 Å². The highest BCUT2D eigenvalue weighted by Crippen LogP contribution is 2.50. The Morgan fingerprint density at radius 2 is 0.473 bits per heavy atom. The maximum absolute atomic E-state index is 2.46. The molecule has 22 aromatic rings. The molecule has 6 nitrogen and oxygen atoms in total. The maximum Gasteiger partial charge on any atom is 0.0646 e. The summed E-state index contributed by atoms with van der Waals surface area (Å²) in [5.41, 5.74) is 24.8. The van der Waals surface area contributed by atoms with Crippen molar-refractivity contribution in [2.45, 2.75) is 0 Å². The molecule has 0 unspecified atom stereocenters. The van der Waals surface area contributed by atoms with Crippen molar-refractivity contribution in [1.29, 1.82) is 0 Å². The average Bonchev–Trinajstić information content (AvgIpc) is 1.57. The zero-order chi connectivity index (χ0) is 72.3. The zero-order valence-corrected chi connectivity index (χ0v) is 61.2. The molecule has 0 aliphatic rings. The summed E-state index contributed by atoms with van der Waals surface area (Å²) in [5, 5.41) is 12.4. The molecule has 0 aliphatic heterocycles. The summed E-state index contributed by atoms with van der Waals surface area (Å²) in [6.45, 7) is 0. The molecule has 8 heteroatoms. The number of rotatable bonds is 14. The fraction of sp³-hybridized carbons (Fsp3) is 0. The SMILES string of the molecule is c1ccc(N(c2ccc(-c3ccc(N(c4ccccc4)c4cc(-c5ccc6c(c5)c5ccccc5n6-c5ccc(N(c6ccc(-n7c8ccccc8c8ccccc87)cc6)c6ccc(-n7c8ccccc8c8ccccc87)cc6)cc5)cc5c4sc4ccccc45)cc3)cc2)c2cccc3c2sc2ccccc23)cc1. The molecule has 0 fully saturated rings. The second-order valence-electron chi connectivity index (χ2n) is 28.4. The van der Waals surface area contributed by atoms with Crippen LogP contribution in [0.4, 0.5) is 51.2 Å². The molecule has 0 saturated heterocycles. The fourth-order valence-corrected chi connectivity index (χ4v) is 19.6. The number of para-hydroxylation sites is 7. The smallest absolute Gasteiger partial charge is 0.0646 e. The zero-order valence-electron chi connectivity index (χ0n) is 59.6. The highest BCUT2D eigenvalue weighted by Gasteiger charge is 2.25. The lowest BCUT2D eigenvalue weighted by molar-refractivity contribution is 1.16. The summed E-state index contributed by atoms with van der Waals surface area (Å²) in [6, 6.07) is 147. The van der Waals surface area contributed by atoms with Gasteiger partial charge in [-0.2, -0.15) is 0 Å². The van der Waals surface area contributed by atoms with Gasteiger partial charge in [-0.05, 0) is 216 Å². The Morgan fingerprint density at radius 3 is 0.909 bits per heavy atom. The Kier molecular flexibility index (Phi) is 14.9. The lowest BCUT2D eigenvalue weighted by Gasteiger charge is -2.27. The standard InChI is InChI=1S/C102H66N6S2/c1-3-22-71(23-4-1)104(97-39-21-33-88-86-31-12-19-40-99(86)109-101(88)97)76-47-42-67(43-48-76)68-44-49-77(50-45-68)105(72-24-5-2-6-25-72)98-66-70(65-90-87-32-13-20-41-100(87)110-102(90)98)69-46-63-96-89(64-69)85-30-11-18-38-95(85)108(96)80-61-55-75(56-62-80)103(73-51-57-78(58-52-73)106-91-34-14-7-26-81(91)82-27-8-15-35-92(82)106)74-53-59-79(60-54-74)107-93-36-16-9-28-83(93)84-29-10-17-37-94(84)107/h1-66H. The molecule has 0 atom stereocenters. The van der Waals surface area contributed by atoms with E-state index in [0.29, 0.717) is 0 Å². The number of thiophene rings is 2. The van der Waals surface area contributed by atoms with Crippen LogP contribution in [0.25, 0.3) is 145 Å². The lowest BCUT2D eigenvalue weighted by Crippen LogP contribution is -2.10. The Hall–Kier alpha value is -14.0. The molecule has 0 spiro atoms. The third-order valence-electron chi connectivity index (χ3n) is 22.2. The lowest BCUT2D eigenvalue weighted by atomic mass is 9.98. The molecule has 0 aliphatic carbocycles. The van der Waals surface area contributed by atoms with Crippen LogP contribution >= 0.6 is 22.7 Å². The van der Waals surface area contributed by atoms with Crippen LogP contribution in [-0.4, -0.2) is 13.7 Å². The second kappa shape index (κ2) is 25.9. The Bertz CT molecular complexity index is 7050. The van der Waals surface area contributed by atoms with Gasteiger partial charge in [-0.1, -0.05) is 206 Å². The van der Waals surface area contributed by atoms with Gasteiger partial charge in [0, 0.05) is 120 Å². The number of aromatic nitrogens is 3. The van der Waals surface area contributed by atoms with Gasteiger partial charge < -0.3 is 28.4 Å². The van der Waals surface area contributed by atoms with E-state index in [0.717, 1.165) is 95.8 Å². The van der Waals surface area contributed by atoms with Gasteiger partial charge in [-0.25, -0.2) is 0 Å². The first-order chi connectivity index (χ1) is 54.6. The van der Waals surface area contributed by atoms with Crippen LogP contribution in [0.3, 0.4) is 0 Å². The van der Waals surface area contributed by atoms with Crippen molar-refractivity contribution in [3.05, 3.63) is 400 Å². The second-order valence-corrected chi connectivity index (χ2v) is 30.5. The van der Waals surface area contributed by atoms with Gasteiger partial charge in [-0.15, -0.1) is 22.7 Å². The van der Waals surface area contributed by atoms with Crippen molar-refractivity contribution < 1.29 is 0 Å². The van der Waals surface area contributed by atoms with Crippen molar-refractivity contribution in [3.8, 4) is 39.3 Å². The van der Waals surface area contributed by atoms with E-state index in [2.05, 4.69) is 429 Å². The van der Waals surface area contributed by atoms with Gasteiger partial charge in [0.2, 0.25) is 0 Å². The van der Waals surface area contributed by atoms with Gasteiger partial charge in [0.15, 0.2) is 0 Å². The monoisotopic (exact) mass is 1440 g/mol. The first-order valence-corrected chi connectivity index (χ1v) is 39.1. The molecular weight excluding hydrogens is 1370 g/mol. The summed E-state index contributed by atoms with van der Waals surface area (Å²) in [5.74, 6) is 0. The molecule has 5 aromatic heterocycles. The molecule has 110 heavy (non-hydrogen) atoms. The number of hydrogen-bond donors (Lipinski definition) is 0. The van der Waals surface area contributed by atoms with Crippen molar-refractivity contribution in [2.75, 3.05) is 14.7 Å². The molecule has 0 bridgehead atoms. The number of nitrogens with zero attached hydrogens (tertiary/aromatic N) is 6. The van der Waals surface area contributed by atoms with E-state index in [-0.39, 0.29) is 0 Å². The quantitative estimate of drug-likeness (QED) is 0.108. The van der Waals surface area contributed by atoms with Gasteiger partial charge in [0.1, 0.15) is 0 Å². The van der Waals surface area contributed by atoms with E-state index < -0.39 is 0 Å². The van der Waals surface area contributed by atoms with Crippen LogP contribution in [0.5, 0.6) is 0 Å². The number of anilines is 9. The number of benzene rings is 17. The van der Waals surface area contributed by atoms with Crippen LogP contribution < -0.4 is 14.7 Å². The van der Waals surface area contributed by atoms with Crippen molar-refractivity contribution >= 4 is 180 Å². The normalized spacial score (nSPS) is 11.8. The molecule has 5 heterocycles. The molecule has 22 rings (SSSR count). The summed E-state index contributed by atoms with van der Waals surface area (Å²) in [7, 11) is 0. The number of hydrogen-bond acceptors (Lipinski definition) is 5. The van der Waals surface area contributed by atoms with Crippen LogP contribution in [0.15, 0.2) is 400 Å². The molecule has 0 N–H and O–H groups in total. The van der Waals surface area contributed by atoms with Gasteiger partial charge in [0.25, 0.3) is 0 Å². The maximum atomic E-state index is 2.46. The predicted molar refractivity (Wildman–Crippen MR) is 470 cm³/mol. The van der Waals surface area contributed by atoms with Crippen LogP contribution in [0.2, 0.25) is 0 Å². The summed E-state index contributed by atoms with van der Waals surface area (Å²) >= 11 is 3.72. The van der Waals surface area contributed by atoms with E-state index in [1.165, 1.54) is 100 Å². The molecule has 0 saturated carbocycles. The first kappa shape index (κ1) is 63.3. The Balaban J connectivity index is 0.624. The van der Waals surface area contributed by atoms with Crippen LogP contribution in [0, 0.1) is 0 Å². The molecule has 0 amide bonds. The van der Waals surface area contributed by atoms with Gasteiger partial charge >= 0.3 is 0 Å². The minimum atomic E-state index is 1.05. The molecule has 17 aromatic carbocycles. The van der Waals surface area contributed by atoms with Crippen molar-refractivity contribution in [2.24, 2.45) is 0 Å². The summed E-state index contributed by atoms with van der Waals surface area (Å²) < 4.78 is 12.3. The van der Waals surface area contributed by atoms with Crippen molar-refractivity contribution in [1.82, 2.24) is 13.7 Å². The van der Waals surface area contributed by atoms with E-state index in [9.17, 15) is 0 Å². The first-order valence-electron chi connectivity index (χ1n) is 37.4. The third kappa shape index (κ3) is 10.4. The third-order valence-corrected chi connectivity index (χ3v) is 24.6. The highest BCUT2D eigenvalue weighted by molar-refractivity contribution is 7.26.